The third kappa shape index (κ3) is 5.55. The molecular weight excluding hydrogens is 256 g/mol. The van der Waals surface area contributed by atoms with Crippen molar-refractivity contribution in [2.24, 2.45) is 5.92 Å². The number of rotatable bonds is 7. The minimum Gasteiger partial charge on any atom is -0.399 e. The second-order valence-electron chi connectivity index (χ2n) is 4.90. The minimum absolute atomic E-state index is 0.0522. The van der Waals surface area contributed by atoms with E-state index in [1.807, 2.05) is 24.3 Å². The molecule has 1 rings (SSSR count). The standard InChI is InChI=1S/C15H24N2OS/c1-4-19-14(11(2)3)15(18)17-10-9-12-5-7-13(16)8-6-12/h5-8,11,14H,4,9-10,16H2,1-3H3,(H,17,18). The average Bonchev–Trinajstić information content (AvgIpc) is 2.37. The van der Waals surface area contributed by atoms with Gasteiger partial charge in [0.25, 0.3) is 0 Å². The molecule has 3 nitrogen and oxygen atoms in total. The Morgan fingerprint density at radius 2 is 1.95 bits per heavy atom. The molecule has 1 aromatic rings. The molecule has 19 heavy (non-hydrogen) atoms. The van der Waals surface area contributed by atoms with Crippen LogP contribution in [0.2, 0.25) is 0 Å². The van der Waals surface area contributed by atoms with E-state index in [4.69, 9.17) is 5.73 Å². The molecule has 1 amide bonds. The van der Waals surface area contributed by atoms with Gasteiger partial charge in [0, 0.05) is 12.2 Å². The van der Waals surface area contributed by atoms with Gasteiger partial charge in [-0.2, -0.15) is 0 Å². The van der Waals surface area contributed by atoms with Crippen molar-refractivity contribution in [3.63, 3.8) is 0 Å². The molecule has 0 bridgehead atoms. The summed E-state index contributed by atoms with van der Waals surface area (Å²) in [4.78, 5) is 12.1. The van der Waals surface area contributed by atoms with Gasteiger partial charge in [-0.25, -0.2) is 0 Å². The van der Waals surface area contributed by atoms with E-state index in [1.54, 1.807) is 11.8 Å². The molecule has 0 saturated heterocycles. The zero-order valence-corrected chi connectivity index (χ0v) is 12.8. The Hall–Kier alpha value is -1.16. The smallest absolute Gasteiger partial charge is 0.233 e. The van der Waals surface area contributed by atoms with Crippen molar-refractivity contribution in [3.8, 4) is 0 Å². The number of nitrogens with two attached hydrogens (primary N) is 1. The number of thioether (sulfide) groups is 1. The summed E-state index contributed by atoms with van der Waals surface area (Å²) in [7, 11) is 0. The van der Waals surface area contributed by atoms with Crippen molar-refractivity contribution in [2.75, 3.05) is 18.0 Å². The van der Waals surface area contributed by atoms with E-state index in [-0.39, 0.29) is 11.2 Å². The Balaban J connectivity index is 2.39. The number of nitrogen functional groups attached to an aromatic ring is 1. The van der Waals surface area contributed by atoms with Gasteiger partial charge < -0.3 is 11.1 Å². The summed E-state index contributed by atoms with van der Waals surface area (Å²) in [6.45, 7) is 6.94. The lowest BCUT2D eigenvalue weighted by Gasteiger charge is -2.19. The van der Waals surface area contributed by atoms with Crippen LogP contribution >= 0.6 is 11.8 Å². The van der Waals surface area contributed by atoms with E-state index in [2.05, 4.69) is 26.1 Å². The number of hydrogen-bond acceptors (Lipinski definition) is 3. The fraction of sp³-hybridized carbons (Fsp3) is 0.533. The number of carbonyl (C=O) groups is 1. The zero-order chi connectivity index (χ0) is 14.3. The van der Waals surface area contributed by atoms with Crippen LogP contribution in [0, 0.1) is 5.92 Å². The summed E-state index contributed by atoms with van der Waals surface area (Å²) in [5.74, 6) is 1.48. The maximum Gasteiger partial charge on any atom is 0.233 e. The summed E-state index contributed by atoms with van der Waals surface area (Å²) >= 11 is 1.71. The highest BCUT2D eigenvalue weighted by molar-refractivity contribution is 8.00. The molecule has 106 valence electrons. The monoisotopic (exact) mass is 280 g/mol. The molecule has 0 aromatic heterocycles. The number of anilines is 1. The van der Waals surface area contributed by atoms with Crippen LogP contribution in [-0.4, -0.2) is 23.5 Å². The number of nitrogens with one attached hydrogen (secondary N) is 1. The predicted octanol–water partition coefficient (Wildman–Crippen LogP) is 2.71. The summed E-state index contributed by atoms with van der Waals surface area (Å²) in [5.41, 5.74) is 7.60. The maximum atomic E-state index is 12.1. The number of hydrogen-bond donors (Lipinski definition) is 2. The molecule has 1 aromatic carbocycles. The highest BCUT2D eigenvalue weighted by Gasteiger charge is 2.21. The van der Waals surface area contributed by atoms with Crippen LogP contribution in [0.25, 0.3) is 0 Å². The first kappa shape index (κ1) is 15.9. The van der Waals surface area contributed by atoms with E-state index in [0.717, 1.165) is 17.9 Å². The molecule has 3 N–H and O–H groups in total. The van der Waals surface area contributed by atoms with Gasteiger partial charge in [0.15, 0.2) is 0 Å². The molecule has 0 fully saturated rings. The second-order valence-corrected chi connectivity index (χ2v) is 6.32. The summed E-state index contributed by atoms with van der Waals surface area (Å²) in [5, 5.41) is 3.07. The molecule has 0 radical (unpaired) electrons. The van der Waals surface area contributed by atoms with Gasteiger partial charge in [0.05, 0.1) is 5.25 Å². The quantitative estimate of drug-likeness (QED) is 0.755. The lowest BCUT2D eigenvalue weighted by molar-refractivity contribution is -0.121. The number of amides is 1. The van der Waals surface area contributed by atoms with Gasteiger partial charge in [-0.1, -0.05) is 32.9 Å². The summed E-state index contributed by atoms with van der Waals surface area (Å²) < 4.78 is 0. The third-order valence-electron chi connectivity index (χ3n) is 2.90. The first-order chi connectivity index (χ1) is 9.04. The van der Waals surface area contributed by atoms with Crippen LogP contribution < -0.4 is 11.1 Å². The zero-order valence-electron chi connectivity index (χ0n) is 12.0. The first-order valence-corrected chi connectivity index (χ1v) is 7.83. The Kier molecular flexibility index (Phi) is 6.78. The molecule has 0 saturated carbocycles. The molecule has 1 atom stereocenters. The van der Waals surface area contributed by atoms with Gasteiger partial charge in [0.1, 0.15) is 0 Å². The molecule has 0 aliphatic carbocycles. The third-order valence-corrected chi connectivity index (χ3v) is 4.35. The fourth-order valence-corrected chi connectivity index (χ4v) is 2.84. The molecule has 0 aliphatic rings. The molecular formula is C15H24N2OS. The van der Waals surface area contributed by atoms with Gasteiger partial charge >= 0.3 is 0 Å². The fourth-order valence-electron chi connectivity index (χ4n) is 1.87. The highest BCUT2D eigenvalue weighted by atomic mass is 32.2. The van der Waals surface area contributed by atoms with E-state index in [1.165, 1.54) is 5.56 Å². The van der Waals surface area contributed by atoms with Gasteiger partial charge in [-0.15, -0.1) is 11.8 Å². The Morgan fingerprint density at radius 3 is 2.47 bits per heavy atom. The minimum atomic E-state index is 0.0522. The largest absolute Gasteiger partial charge is 0.399 e. The van der Waals surface area contributed by atoms with Crippen LogP contribution in [0.1, 0.15) is 26.3 Å². The van der Waals surface area contributed by atoms with Crippen molar-refractivity contribution in [3.05, 3.63) is 29.8 Å². The van der Waals surface area contributed by atoms with Crippen LogP contribution in [0.5, 0.6) is 0 Å². The molecule has 0 spiro atoms. The summed E-state index contributed by atoms with van der Waals surface area (Å²) in [6, 6.07) is 7.78. The van der Waals surface area contributed by atoms with Crippen LogP contribution in [-0.2, 0) is 11.2 Å². The van der Waals surface area contributed by atoms with E-state index in [9.17, 15) is 4.79 Å². The summed E-state index contributed by atoms with van der Waals surface area (Å²) in [6.07, 6.45) is 0.841. The molecule has 1 unspecified atom stereocenters. The first-order valence-electron chi connectivity index (χ1n) is 6.78. The van der Waals surface area contributed by atoms with Crippen molar-refractivity contribution in [2.45, 2.75) is 32.4 Å². The van der Waals surface area contributed by atoms with Crippen molar-refractivity contribution in [1.82, 2.24) is 5.32 Å². The average molecular weight is 280 g/mol. The Labute approximate surface area is 120 Å². The predicted molar refractivity (Wildman–Crippen MR) is 84.3 cm³/mol. The van der Waals surface area contributed by atoms with E-state index in [0.29, 0.717) is 12.5 Å². The van der Waals surface area contributed by atoms with Crippen molar-refractivity contribution >= 4 is 23.4 Å². The Morgan fingerprint density at radius 1 is 1.32 bits per heavy atom. The second kappa shape index (κ2) is 8.10. The molecule has 4 heteroatoms. The van der Waals surface area contributed by atoms with Crippen LogP contribution in [0.15, 0.2) is 24.3 Å². The molecule has 0 heterocycles. The topological polar surface area (TPSA) is 55.1 Å². The Bertz CT molecular complexity index is 390. The van der Waals surface area contributed by atoms with E-state index < -0.39 is 0 Å². The highest BCUT2D eigenvalue weighted by Crippen LogP contribution is 2.19. The van der Waals surface area contributed by atoms with Gasteiger partial charge in [-0.3, -0.25) is 4.79 Å². The lowest BCUT2D eigenvalue weighted by Crippen LogP contribution is -2.37. The number of benzene rings is 1. The number of carbonyl (C=O) groups excluding carboxylic acids is 1. The molecule has 0 aliphatic heterocycles. The van der Waals surface area contributed by atoms with E-state index >= 15 is 0 Å². The normalized spacial score (nSPS) is 12.4. The van der Waals surface area contributed by atoms with Crippen LogP contribution in [0.3, 0.4) is 0 Å². The lowest BCUT2D eigenvalue weighted by atomic mass is 10.1. The van der Waals surface area contributed by atoms with Crippen molar-refractivity contribution in [1.29, 1.82) is 0 Å². The SMILES string of the molecule is CCSC(C(=O)NCCc1ccc(N)cc1)C(C)C. The van der Waals surface area contributed by atoms with Crippen molar-refractivity contribution < 1.29 is 4.79 Å². The maximum absolute atomic E-state index is 12.1. The van der Waals surface area contributed by atoms with Gasteiger partial charge in [0.2, 0.25) is 5.91 Å². The van der Waals surface area contributed by atoms with Gasteiger partial charge in [-0.05, 0) is 35.8 Å². The van der Waals surface area contributed by atoms with Crippen LogP contribution in [0.4, 0.5) is 5.69 Å².